The van der Waals surface area contributed by atoms with Gasteiger partial charge in [0.05, 0.1) is 30.2 Å². The molecule has 1 unspecified atom stereocenters. The normalized spacial score (nSPS) is 17.5. The molecule has 1 aliphatic rings. The van der Waals surface area contributed by atoms with E-state index in [1.54, 1.807) is 23.2 Å². The molecule has 10 heteroatoms. The van der Waals surface area contributed by atoms with Crippen LogP contribution in [0.5, 0.6) is 0 Å². The van der Waals surface area contributed by atoms with Crippen molar-refractivity contribution < 1.29 is 9.53 Å². The van der Waals surface area contributed by atoms with Crippen molar-refractivity contribution in [3.8, 4) is 0 Å². The highest BCUT2D eigenvalue weighted by Gasteiger charge is 2.24. The summed E-state index contributed by atoms with van der Waals surface area (Å²) in [4.78, 5) is 34.1. The van der Waals surface area contributed by atoms with Gasteiger partial charge in [0.25, 0.3) is 0 Å². The molecule has 1 aliphatic heterocycles. The van der Waals surface area contributed by atoms with Crippen LogP contribution in [0.1, 0.15) is 12.1 Å². The van der Waals surface area contributed by atoms with E-state index in [4.69, 9.17) is 4.74 Å². The SMILES string of the molecule is O=C(CCc1cscn1)NCC1CN(c2ncnc3nc[nH]c23)CCO1. The van der Waals surface area contributed by atoms with Gasteiger partial charge in [-0.15, -0.1) is 11.3 Å². The lowest BCUT2D eigenvalue weighted by molar-refractivity contribution is -0.121. The van der Waals surface area contributed by atoms with E-state index < -0.39 is 0 Å². The van der Waals surface area contributed by atoms with Crippen molar-refractivity contribution in [3.63, 3.8) is 0 Å². The fourth-order valence-electron chi connectivity index (χ4n) is 2.95. The first-order valence-corrected chi connectivity index (χ1v) is 9.38. The summed E-state index contributed by atoms with van der Waals surface area (Å²) in [5.41, 5.74) is 4.20. The number of imidazole rings is 1. The first-order chi connectivity index (χ1) is 12.8. The zero-order valence-corrected chi connectivity index (χ0v) is 14.9. The molecule has 0 bridgehead atoms. The largest absolute Gasteiger partial charge is 0.373 e. The van der Waals surface area contributed by atoms with Crippen LogP contribution in [0, 0.1) is 0 Å². The van der Waals surface area contributed by atoms with E-state index in [0.717, 1.165) is 23.6 Å². The van der Waals surface area contributed by atoms with E-state index in [-0.39, 0.29) is 12.0 Å². The number of nitrogens with zero attached hydrogens (tertiary/aromatic N) is 5. The number of hydrogen-bond acceptors (Lipinski definition) is 8. The molecule has 1 saturated heterocycles. The fraction of sp³-hybridized carbons (Fsp3) is 0.438. The van der Waals surface area contributed by atoms with Crippen LogP contribution >= 0.6 is 11.3 Å². The molecular formula is C16H19N7O2S. The van der Waals surface area contributed by atoms with Crippen LogP contribution in [0.15, 0.2) is 23.5 Å². The molecule has 3 aromatic heterocycles. The summed E-state index contributed by atoms with van der Waals surface area (Å²) >= 11 is 1.54. The summed E-state index contributed by atoms with van der Waals surface area (Å²) in [6, 6.07) is 0. The van der Waals surface area contributed by atoms with Crippen LogP contribution in [0.3, 0.4) is 0 Å². The van der Waals surface area contributed by atoms with E-state index in [1.807, 2.05) is 5.38 Å². The minimum atomic E-state index is -0.0834. The lowest BCUT2D eigenvalue weighted by atomic mass is 10.2. The van der Waals surface area contributed by atoms with Gasteiger partial charge in [0, 0.05) is 31.4 Å². The van der Waals surface area contributed by atoms with Crippen LogP contribution in [0.25, 0.3) is 11.2 Å². The Labute approximate surface area is 153 Å². The number of H-pyrrole nitrogens is 1. The number of thiazole rings is 1. The third kappa shape index (κ3) is 3.81. The lowest BCUT2D eigenvalue weighted by Gasteiger charge is -2.33. The van der Waals surface area contributed by atoms with Gasteiger partial charge in [0.2, 0.25) is 5.91 Å². The Morgan fingerprint density at radius 2 is 2.35 bits per heavy atom. The number of aryl methyl sites for hydroxylation is 1. The second kappa shape index (κ2) is 7.75. The van der Waals surface area contributed by atoms with Gasteiger partial charge in [-0.25, -0.2) is 19.9 Å². The molecule has 1 atom stereocenters. The molecule has 1 fully saturated rings. The number of amides is 1. The minimum Gasteiger partial charge on any atom is -0.373 e. The van der Waals surface area contributed by atoms with Gasteiger partial charge in [-0.2, -0.15) is 0 Å². The van der Waals surface area contributed by atoms with Crippen molar-refractivity contribution in [2.75, 3.05) is 31.1 Å². The van der Waals surface area contributed by atoms with Crippen molar-refractivity contribution in [1.82, 2.24) is 30.2 Å². The highest BCUT2D eigenvalue weighted by Crippen LogP contribution is 2.21. The molecule has 0 radical (unpaired) electrons. The lowest BCUT2D eigenvalue weighted by Crippen LogP contribution is -2.48. The Balaban J connectivity index is 1.31. The first-order valence-electron chi connectivity index (χ1n) is 8.44. The number of ether oxygens (including phenoxy) is 1. The molecule has 4 heterocycles. The molecule has 136 valence electrons. The number of fused-ring (bicyclic) bond motifs is 1. The Morgan fingerprint density at radius 3 is 3.23 bits per heavy atom. The summed E-state index contributed by atoms with van der Waals surface area (Å²) in [6.45, 7) is 2.44. The van der Waals surface area contributed by atoms with Gasteiger partial charge in [-0.05, 0) is 6.42 Å². The molecule has 0 saturated carbocycles. The predicted molar refractivity (Wildman–Crippen MR) is 97.1 cm³/mol. The molecule has 2 N–H and O–H groups in total. The van der Waals surface area contributed by atoms with Crippen LogP contribution < -0.4 is 10.2 Å². The van der Waals surface area contributed by atoms with Crippen LogP contribution in [0.4, 0.5) is 5.82 Å². The predicted octanol–water partition coefficient (Wildman–Crippen LogP) is 0.764. The van der Waals surface area contributed by atoms with E-state index in [9.17, 15) is 4.79 Å². The second-order valence-corrected chi connectivity index (χ2v) is 6.74. The van der Waals surface area contributed by atoms with Crippen LogP contribution in [0.2, 0.25) is 0 Å². The monoisotopic (exact) mass is 373 g/mol. The number of morpholine rings is 1. The van der Waals surface area contributed by atoms with Gasteiger partial charge in [0.1, 0.15) is 11.8 Å². The third-order valence-electron chi connectivity index (χ3n) is 4.26. The summed E-state index contributed by atoms with van der Waals surface area (Å²) in [5, 5.41) is 4.92. The zero-order chi connectivity index (χ0) is 17.8. The maximum atomic E-state index is 12.0. The smallest absolute Gasteiger partial charge is 0.220 e. The number of hydrogen-bond donors (Lipinski definition) is 2. The fourth-order valence-corrected chi connectivity index (χ4v) is 3.54. The van der Waals surface area contributed by atoms with Crippen LogP contribution in [-0.2, 0) is 16.0 Å². The van der Waals surface area contributed by atoms with Crippen molar-refractivity contribution in [1.29, 1.82) is 0 Å². The quantitative estimate of drug-likeness (QED) is 0.657. The minimum absolute atomic E-state index is 0.0108. The summed E-state index contributed by atoms with van der Waals surface area (Å²) in [6.07, 6.45) is 4.14. The molecule has 3 aromatic rings. The third-order valence-corrected chi connectivity index (χ3v) is 4.90. The van der Waals surface area contributed by atoms with E-state index in [1.165, 1.54) is 6.33 Å². The highest BCUT2D eigenvalue weighted by molar-refractivity contribution is 7.07. The summed E-state index contributed by atoms with van der Waals surface area (Å²) < 4.78 is 5.79. The van der Waals surface area contributed by atoms with E-state index >= 15 is 0 Å². The highest BCUT2D eigenvalue weighted by atomic mass is 32.1. The number of anilines is 1. The molecule has 0 aliphatic carbocycles. The zero-order valence-electron chi connectivity index (χ0n) is 14.1. The molecule has 1 amide bonds. The first kappa shape index (κ1) is 16.9. The van der Waals surface area contributed by atoms with E-state index in [2.05, 4.69) is 35.1 Å². The number of carbonyl (C=O) groups excluding carboxylic acids is 1. The number of carbonyl (C=O) groups is 1. The Bertz CT molecular complexity index is 867. The van der Waals surface area contributed by atoms with Gasteiger partial charge in [0.15, 0.2) is 11.5 Å². The Morgan fingerprint density at radius 1 is 1.38 bits per heavy atom. The van der Waals surface area contributed by atoms with Crippen LogP contribution in [-0.4, -0.2) is 63.2 Å². The molecule has 0 spiro atoms. The van der Waals surface area contributed by atoms with Gasteiger partial charge < -0.3 is 19.9 Å². The van der Waals surface area contributed by atoms with Crippen molar-refractivity contribution >= 4 is 34.2 Å². The maximum Gasteiger partial charge on any atom is 0.220 e. The Hall–Kier alpha value is -2.59. The maximum absolute atomic E-state index is 12.0. The molecule has 0 aromatic carbocycles. The summed E-state index contributed by atoms with van der Waals surface area (Å²) in [7, 11) is 0. The van der Waals surface area contributed by atoms with Crippen molar-refractivity contribution in [2.45, 2.75) is 18.9 Å². The molecule has 26 heavy (non-hydrogen) atoms. The van der Waals surface area contributed by atoms with Crippen molar-refractivity contribution in [3.05, 3.63) is 29.2 Å². The Kier molecular flexibility index (Phi) is 5.02. The number of aromatic nitrogens is 5. The average Bonchev–Trinajstić information content (AvgIpc) is 3.36. The van der Waals surface area contributed by atoms with E-state index in [0.29, 0.717) is 38.2 Å². The van der Waals surface area contributed by atoms with Crippen molar-refractivity contribution in [2.24, 2.45) is 0 Å². The van der Waals surface area contributed by atoms with Gasteiger partial charge in [-0.3, -0.25) is 4.79 Å². The molecule has 4 rings (SSSR count). The second-order valence-electron chi connectivity index (χ2n) is 6.02. The van der Waals surface area contributed by atoms with Gasteiger partial charge in [-0.1, -0.05) is 0 Å². The number of aromatic amines is 1. The summed E-state index contributed by atoms with van der Waals surface area (Å²) in [5.74, 6) is 0.826. The average molecular weight is 373 g/mol. The molecular weight excluding hydrogens is 354 g/mol. The number of rotatable bonds is 6. The standard InChI is InChI=1S/C16H19N7O2S/c24-13(2-1-11-7-26-10-22-11)17-5-12-6-23(3-4-25-12)16-14-15(19-8-18-14)20-9-21-16/h7-10,12H,1-6H2,(H,17,24)(H,18,19,20,21). The van der Waals surface area contributed by atoms with Gasteiger partial charge >= 0.3 is 0 Å². The topological polar surface area (TPSA) is 109 Å². The number of nitrogens with one attached hydrogen (secondary N) is 2. The molecule has 9 nitrogen and oxygen atoms in total.